The van der Waals surface area contributed by atoms with Gasteiger partial charge in [0.25, 0.3) is 5.91 Å². The van der Waals surface area contributed by atoms with Gasteiger partial charge in [-0.2, -0.15) is 0 Å². The third kappa shape index (κ3) is 2.91. The lowest BCUT2D eigenvalue weighted by molar-refractivity contribution is 0.0751. The van der Waals surface area contributed by atoms with Crippen LogP contribution in [0.1, 0.15) is 9.67 Å². The number of carbonyl (C=O) groups excluding carboxylic acids is 1. The Balaban J connectivity index is 1.43. The summed E-state index contributed by atoms with van der Waals surface area (Å²) < 4.78 is 2.00. The van der Waals surface area contributed by atoms with Crippen LogP contribution >= 0.6 is 11.3 Å². The van der Waals surface area contributed by atoms with Gasteiger partial charge in [0.2, 0.25) is 5.95 Å². The van der Waals surface area contributed by atoms with Gasteiger partial charge in [0, 0.05) is 62.5 Å². The zero-order valence-electron chi connectivity index (χ0n) is 15.1. The summed E-state index contributed by atoms with van der Waals surface area (Å²) in [5, 5.41) is 1.00. The molecule has 1 fully saturated rings. The zero-order chi connectivity index (χ0) is 18.9. The van der Waals surface area contributed by atoms with Gasteiger partial charge in [0.1, 0.15) is 9.71 Å². The van der Waals surface area contributed by atoms with Gasteiger partial charge < -0.3 is 14.4 Å². The third-order valence-electron chi connectivity index (χ3n) is 4.90. The number of aromatic nitrogens is 4. The summed E-state index contributed by atoms with van der Waals surface area (Å²) in [6, 6.07) is 9.67. The van der Waals surface area contributed by atoms with Crippen LogP contribution < -0.4 is 4.90 Å². The van der Waals surface area contributed by atoms with Gasteiger partial charge >= 0.3 is 0 Å². The minimum atomic E-state index is 0.0559. The van der Waals surface area contributed by atoms with E-state index >= 15 is 0 Å². The highest BCUT2D eigenvalue weighted by atomic mass is 32.1. The molecule has 0 radical (unpaired) electrons. The molecular formula is C20H18N6OS. The van der Waals surface area contributed by atoms with Gasteiger partial charge in [0.05, 0.1) is 5.69 Å². The van der Waals surface area contributed by atoms with Crippen LogP contribution in [-0.2, 0) is 0 Å². The van der Waals surface area contributed by atoms with Crippen LogP contribution in [0, 0.1) is 0 Å². The molecule has 0 N–H and O–H groups in total. The summed E-state index contributed by atoms with van der Waals surface area (Å²) in [6.45, 7) is 2.73. The number of hydrogen-bond donors (Lipinski definition) is 0. The normalized spacial score (nSPS) is 14.6. The highest BCUT2D eigenvalue weighted by Gasteiger charge is 2.28. The Morgan fingerprint density at radius 1 is 0.893 bits per heavy atom. The largest absolute Gasteiger partial charge is 0.337 e. The van der Waals surface area contributed by atoms with Crippen LogP contribution in [0.3, 0.4) is 0 Å². The molecule has 0 aliphatic carbocycles. The lowest BCUT2D eigenvalue weighted by atomic mass is 10.2. The Hall–Kier alpha value is -3.26. The van der Waals surface area contributed by atoms with Crippen LogP contribution in [-0.4, -0.2) is 56.5 Å². The molecule has 1 amide bonds. The molecule has 0 bridgehead atoms. The smallest absolute Gasteiger partial charge is 0.266 e. The number of hydrogen-bond acceptors (Lipinski definition) is 6. The Kier molecular flexibility index (Phi) is 4.25. The van der Waals surface area contributed by atoms with Crippen molar-refractivity contribution in [3.63, 3.8) is 0 Å². The molecule has 1 saturated heterocycles. The average Bonchev–Trinajstić information content (AvgIpc) is 3.41. The van der Waals surface area contributed by atoms with Crippen molar-refractivity contribution in [1.29, 1.82) is 0 Å². The molecular weight excluding hydrogens is 372 g/mol. The molecule has 28 heavy (non-hydrogen) atoms. The first-order valence-corrected chi connectivity index (χ1v) is 9.95. The Labute approximate surface area is 165 Å². The summed E-state index contributed by atoms with van der Waals surface area (Å²) in [7, 11) is 0. The number of anilines is 1. The number of carbonyl (C=O) groups is 1. The first-order valence-electron chi connectivity index (χ1n) is 9.13. The van der Waals surface area contributed by atoms with Crippen molar-refractivity contribution in [1.82, 2.24) is 24.4 Å². The van der Waals surface area contributed by atoms with Crippen molar-refractivity contribution < 1.29 is 4.79 Å². The van der Waals surface area contributed by atoms with Crippen LogP contribution in [0.4, 0.5) is 5.95 Å². The van der Waals surface area contributed by atoms with Crippen LogP contribution in [0.15, 0.2) is 61.3 Å². The molecule has 8 heteroatoms. The van der Waals surface area contributed by atoms with Crippen LogP contribution in [0.2, 0.25) is 0 Å². The molecule has 0 unspecified atom stereocenters. The molecule has 5 rings (SSSR count). The van der Waals surface area contributed by atoms with Crippen LogP contribution in [0.25, 0.3) is 15.9 Å². The van der Waals surface area contributed by atoms with E-state index in [0.717, 1.165) is 33.9 Å². The van der Waals surface area contributed by atoms with E-state index < -0.39 is 0 Å². The highest BCUT2D eigenvalue weighted by Crippen LogP contribution is 2.34. The molecule has 0 saturated carbocycles. The molecule has 1 aliphatic heterocycles. The summed E-state index contributed by atoms with van der Waals surface area (Å²) in [4.78, 5) is 32.1. The van der Waals surface area contributed by atoms with Crippen molar-refractivity contribution in [2.45, 2.75) is 0 Å². The molecule has 4 aromatic heterocycles. The van der Waals surface area contributed by atoms with E-state index in [1.807, 2.05) is 52.2 Å². The molecule has 0 spiro atoms. The quantitative estimate of drug-likeness (QED) is 0.538. The van der Waals surface area contributed by atoms with E-state index in [2.05, 4.69) is 19.9 Å². The first-order chi connectivity index (χ1) is 13.8. The zero-order valence-corrected chi connectivity index (χ0v) is 15.9. The molecule has 1 aliphatic rings. The summed E-state index contributed by atoms with van der Waals surface area (Å²) >= 11 is 1.46. The standard InChI is InChI=1S/C20H18N6OS/c27-19(25-11-13-26(14-12-25)20-22-7-4-8-23-20)17-16(24-9-1-2-10-24)15-5-3-6-21-18(15)28-17/h1-10H,11-14H2. The summed E-state index contributed by atoms with van der Waals surface area (Å²) in [5.74, 6) is 0.772. The molecule has 7 nitrogen and oxygen atoms in total. The molecule has 0 atom stereocenters. The Morgan fingerprint density at radius 3 is 2.36 bits per heavy atom. The van der Waals surface area contributed by atoms with E-state index in [1.165, 1.54) is 11.3 Å². The number of nitrogens with zero attached hydrogens (tertiary/aromatic N) is 6. The number of amides is 1. The predicted octanol–water partition coefficient (Wildman–Crippen LogP) is 2.84. The number of piperazine rings is 1. The van der Waals surface area contributed by atoms with Crippen molar-refractivity contribution >= 4 is 33.4 Å². The minimum absolute atomic E-state index is 0.0559. The predicted molar refractivity (Wildman–Crippen MR) is 109 cm³/mol. The van der Waals surface area contributed by atoms with E-state index in [9.17, 15) is 4.79 Å². The van der Waals surface area contributed by atoms with Crippen LogP contribution in [0.5, 0.6) is 0 Å². The van der Waals surface area contributed by atoms with Gasteiger partial charge in [-0.3, -0.25) is 4.79 Å². The number of thiophene rings is 1. The topological polar surface area (TPSA) is 67.2 Å². The van der Waals surface area contributed by atoms with Gasteiger partial charge in [-0.1, -0.05) is 0 Å². The van der Waals surface area contributed by atoms with Gasteiger partial charge in [-0.05, 0) is 30.3 Å². The molecule has 5 heterocycles. The fraction of sp³-hybridized carbons (Fsp3) is 0.200. The van der Waals surface area contributed by atoms with Gasteiger partial charge in [-0.25, -0.2) is 15.0 Å². The second kappa shape index (κ2) is 7.05. The Morgan fingerprint density at radius 2 is 1.61 bits per heavy atom. The summed E-state index contributed by atoms with van der Waals surface area (Å²) in [5.41, 5.74) is 0.914. The van der Waals surface area contributed by atoms with Crippen molar-refractivity contribution in [3.8, 4) is 5.69 Å². The van der Waals surface area contributed by atoms with E-state index in [-0.39, 0.29) is 5.91 Å². The minimum Gasteiger partial charge on any atom is -0.337 e. The highest BCUT2D eigenvalue weighted by molar-refractivity contribution is 7.21. The Bertz CT molecular complexity index is 1100. The van der Waals surface area contributed by atoms with Crippen molar-refractivity contribution in [3.05, 3.63) is 66.2 Å². The van der Waals surface area contributed by atoms with Gasteiger partial charge in [0.15, 0.2) is 0 Å². The van der Waals surface area contributed by atoms with Gasteiger partial charge in [-0.15, -0.1) is 11.3 Å². The van der Waals surface area contributed by atoms with Crippen molar-refractivity contribution in [2.24, 2.45) is 0 Å². The maximum Gasteiger partial charge on any atom is 0.266 e. The fourth-order valence-electron chi connectivity index (χ4n) is 3.51. The van der Waals surface area contributed by atoms with Crippen molar-refractivity contribution in [2.75, 3.05) is 31.1 Å². The monoisotopic (exact) mass is 390 g/mol. The molecule has 4 aromatic rings. The fourth-order valence-corrected chi connectivity index (χ4v) is 4.62. The first kappa shape index (κ1) is 16.9. The second-order valence-corrected chi connectivity index (χ2v) is 7.55. The average molecular weight is 390 g/mol. The summed E-state index contributed by atoms with van der Waals surface area (Å²) in [6.07, 6.45) is 9.19. The molecule has 140 valence electrons. The third-order valence-corrected chi connectivity index (χ3v) is 5.99. The number of rotatable bonds is 3. The number of fused-ring (bicyclic) bond motifs is 1. The lowest BCUT2D eigenvalue weighted by Gasteiger charge is -2.34. The maximum atomic E-state index is 13.4. The van der Waals surface area contributed by atoms with E-state index in [1.54, 1.807) is 18.6 Å². The van der Waals surface area contributed by atoms with E-state index in [0.29, 0.717) is 19.0 Å². The van der Waals surface area contributed by atoms with E-state index in [4.69, 9.17) is 0 Å². The SMILES string of the molecule is O=C(c1sc2ncccc2c1-n1cccc1)N1CCN(c2ncccn2)CC1. The second-order valence-electron chi connectivity index (χ2n) is 6.55. The molecule has 0 aromatic carbocycles. The number of pyridine rings is 1. The maximum absolute atomic E-state index is 13.4. The lowest BCUT2D eigenvalue weighted by Crippen LogP contribution is -2.49.